The lowest BCUT2D eigenvalue weighted by atomic mass is 9.89. The van der Waals surface area contributed by atoms with Crippen LogP contribution in [0.15, 0.2) is 0 Å². The third kappa shape index (κ3) is 3.06. The highest BCUT2D eigenvalue weighted by Gasteiger charge is 2.47. The van der Waals surface area contributed by atoms with Gasteiger partial charge in [-0.05, 0) is 44.4 Å². The van der Waals surface area contributed by atoms with Crippen LogP contribution in [-0.2, 0) is 23.7 Å². The van der Waals surface area contributed by atoms with Crippen molar-refractivity contribution < 1.29 is 28.5 Å². The van der Waals surface area contributed by atoms with E-state index in [1.54, 1.807) is 0 Å². The monoisotopic (exact) mass is 296 g/mol. The second-order valence-electron chi connectivity index (χ2n) is 6.60. The van der Waals surface area contributed by atoms with Crippen LogP contribution in [0, 0.1) is 11.8 Å². The van der Waals surface area contributed by atoms with Gasteiger partial charge in [0.15, 0.2) is 0 Å². The molecule has 6 nitrogen and oxygen atoms in total. The minimum atomic E-state index is -0.863. The van der Waals surface area contributed by atoms with Crippen LogP contribution in [0.2, 0.25) is 0 Å². The largest absolute Gasteiger partial charge is 0.516 e. The Kier molecular flexibility index (Phi) is 3.38. The smallest absolute Gasteiger partial charge is 0.434 e. The fourth-order valence-corrected chi connectivity index (χ4v) is 3.64. The maximum Gasteiger partial charge on any atom is 0.516 e. The van der Waals surface area contributed by atoms with Crippen LogP contribution in [-0.4, -0.2) is 43.1 Å². The molecule has 4 rings (SSSR count). The van der Waals surface area contributed by atoms with Gasteiger partial charge in [-0.25, -0.2) is 4.79 Å². The second kappa shape index (κ2) is 5.25. The molecular weight excluding hydrogens is 276 g/mol. The van der Waals surface area contributed by atoms with Gasteiger partial charge in [0, 0.05) is 0 Å². The Labute approximate surface area is 123 Å². The highest BCUT2D eigenvalue weighted by atomic mass is 16.7. The van der Waals surface area contributed by atoms with E-state index in [1.807, 2.05) is 0 Å². The standard InChI is InChI=1S/C15H20O6/c16-14(9-2-4-11-13(6-9)20-11)21-15(17)18-7-8-1-3-10-12(5-8)19-10/h8-13H,1-7H2. The average molecular weight is 296 g/mol. The summed E-state index contributed by atoms with van der Waals surface area (Å²) in [4.78, 5) is 23.5. The molecule has 0 N–H and O–H groups in total. The summed E-state index contributed by atoms with van der Waals surface area (Å²) in [5.41, 5.74) is 0. The fraction of sp³-hybridized carbons (Fsp3) is 0.867. The lowest BCUT2D eigenvalue weighted by Gasteiger charge is -2.19. The molecule has 0 spiro atoms. The van der Waals surface area contributed by atoms with Crippen molar-refractivity contribution >= 4 is 12.1 Å². The topological polar surface area (TPSA) is 77.7 Å². The van der Waals surface area contributed by atoms with Gasteiger partial charge in [-0.3, -0.25) is 4.79 Å². The number of ether oxygens (including phenoxy) is 4. The SMILES string of the molecule is O=C(OCC1CCC2OC2C1)OC(=O)C1CCC2OC2C1. The van der Waals surface area contributed by atoms with Crippen LogP contribution in [0.4, 0.5) is 4.79 Å². The van der Waals surface area contributed by atoms with Gasteiger partial charge in [0.1, 0.15) is 0 Å². The van der Waals surface area contributed by atoms with Crippen molar-refractivity contribution in [2.75, 3.05) is 6.61 Å². The molecular formula is C15H20O6. The van der Waals surface area contributed by atoms with Crippen LogP contribution in [0.3, 0.4) is 0 Å². The van der Waals surface area contributed by atoms with Crippen LogP contribution in [0.25, 0.3) is 0 Å². The Morgan fingerprint density at radius 1 is 0.905 bits per heavy atom. The molecule has 6 heteroatoms. The summed E-state index contributed by atoms with van der Waals surface area (Å²) in [6.07, 6.45) is 5.73. The molecule has 0 bridgehead atoms. The van der Waals surface area contributed by atoms with Gasteiger partial charge in [0.05, 0.1) is 36.9 Å². The second-order valence-corrected chi connectivity index (χ2v) is 6.60. The number of carbonyl (C=O) groups excluding carboxylic acids is 2. The number of carbonyl (C=O) groups is 2. The first-order chi connectivity index (χ1) is 10.2. The summed E-state index contributed by atoms with van der Waals surface area (Å²) < 4.78 is 20.7. The van der Waals surface area contributed by atoms with Gasteiger partial charge in [-0.15, -0.1) is 0 Å². The van der Waals surface area contributed by atoms with E-state index in [9.17, 15) is 9.59 Å². The first kappa shape index (κ1) is 13.5. The normalized spacial score (nSPS) is 43.2. The fourth-order valence-electron chi connectivity index (χ4n) is 3.64. The Morgan fingerprint density at radius 2 is 1.62 bits per heavy atom. The molecule has 0 radical (unpaired) electrons. The molecule has 0 amide bonds. The van der Waals surface area contributed by atoms with E-state index in [0.29, 0.717) is 37.3 Å². The van der Waals surface area contributed by atoms with Gasteiger partial charge >= 0.3 is 12.1 Å². The van der Waals surface area contributed by atoms with Gasteiger partial charge < -0.3 is 18.9 Å². The Bertz CT molecular complexity index is 449. The maximum atomic E-state index is 11.9. The Morgan fingerprint density at radius 3 is 2.33 bits per heavy atom. The maximum absolute atomic E-state index is 11.9. The third-order valence-corrected chi connectivity index (χ3v) is 5.07. The molecule has 6 unspecified atom stereocenters. The molecule has 6 atom stereocenters. The molecule has 0 aromatic rings. The van der Waals surface area contributed by atoms with Crippen molar-refractivity contribution in [1.82, 2.24) is 0 Å². The molecule has 2 saturated carbocycles. The summed E-state index contributed by atoms with van der Waals surface area (Å²) in [5, 5.41) is 0. The van der Waals surface area contributed by atoms with Crippen molar-refractivity contribution in [2.45, 2.75) is 62.9 Å². The van der Waals surface area contributed by atoms with E-state index in [-0.39, 0.29) is 12.0 Å². The average Bonchev–Trinajstić information content (AvgIpc) is 3.36. The highest BCUT2D eigenvalue weighted by Crippen LogP contribution is 2.40. The van der Waals surface area contributed by atoms with Gasteiger partial charge in [-0.2, -0.15) is 0 Å². The van der Waals surface area contributed by atoms with Gasteiger partial charge in [-0.1, -0.05) is 0 Å². The van der Waals surface area contributed by atoms with Crippen molar-refractivity contribution in [3.05, 3.63) is 0 Å². The minimum Gasteiger partial charge on any atom is -0.434 e. The summed E-state index contributed by atoms with van der Waals surface area (Å²) in [7, 11) is 0. The predicted molar refractivity (Wildman–Crippen MR) is 69.4 cm³/mol. The van der Waals surface area contributed by atoms with Gasteiger partial charge in [0.25, 0.3) is 0 Å². The number of hydrogen-bond donors (Lipinski definition) is 0. The van der Waals surface area contributed by atoms with Crippen molar-refractivity contribution in [2.24, 2.45) is 11.8 Å². The summed E-state index contributed by atoms with van der Waals surface area (Å²) in [6, 6.07) is 0. The first-order valence-electron chi connectivity index (χ1n) is 7.88. The van der Waals surface area contributed by atoms with E-state index in [2.05, 4.69) is 0 Å². The van der Waals surface area contributed by atoms with Crippen LogP contribution >= 0.6 is 0 Å². The van der Waals surface area contributed by atoms with Crippen molar-refractivity contribution in [3.8, 4) is 0 Å². The number of epoxide rings is 2. The summed E-state index contributed by atoms with van der Waals surface area (Å²) >= 11 is 0. The molecule has 2 heterocycles. The van der Waals surface area contributed by atoms with Crippen molar-refractivity contribution in [1.29, 1.82) is 0 Å². The summed E-state index contributed by atoms with van der Waals surface area (Å²) in [5.74, 6) is -0.369. The van der Waals surface area contributed by atoms with E-state index in [4.69, 9.17) is 18.9 Å². The molecule has 2 saturated heterocycles. The zero-order valence-electron chi connectivity index (χ0n) is 11.9. The molecule has 4 fully saturated rings. The molecule has 0 aromatic carbocycles. The zero-order chi connectivity index (χ0) is 14.4. The van der Waals surface area contributed by atoms with E-state index in [0.717, 1.165) is 32.1 Å². The lowest BCUT2D eigenvalue weighted by Crippen LogP contribution is -2.27. The first-order valence-corrected chi connectivity index (χ1v) is 7.88. The van der Waals surface area contributed by atoms with E-state index >= 15 is 0 Å². The van der Waals surface area contributed by atoms with Gasteiger partial charge in [0.2, 0.25) is 0 Å². The van der Waals surface area contributed by atoms with Crippen LogP contribution in [0.5, 0.6) is 0 Å². The Hall–Kier alpha value is -1.14. The number of hydrogen-bond acceptors (Lipinski definition) is 6. The molecule has 116 valence electrons. The highest BCUT2D eigenvalue weighted by molar-refractivity contribution is 5.83. The molecule has 2 aliphatic carbocycles. The van der Waals surface area contributed by atoms with Crippen molar-refractivity contribution in [3.63, 3.8) is 0 Å². The predicted octanol–water partition coefficient (Wildman–Crippen LogP) is 1.80. The van der Waals surface area contributed by atoms with E-state index in [1.165, 1.54) is 0 Å². The number of esters is 1. The quantitative estimate of drug-likeness (QED) is 0.449. The molecule has 21 heavy (non-hydrogen) atoms. The number of rotatable bonds is 3. The minimum absolute atomic E-state index is 0.195. The third-order valence-electron chi connectivity index (χ3n) is 5.07. The lowest BCUT2D eigenvalue weighted by molar-refractivity contribution is -0.145. The number of fused-ring (bicyclic) bond motifs is 2. The summed E-state index contributed by atoms with van der Waals surface area (Å²) in [6.45, 7) is 0.317. The Balaban J connectivity index is 1.17. The molecule has 2 aliphatic heterocycles. The molecule has 0 aromatic heterocycles. The zero-order valence-corrected chi connectivity index (χ0v) is 11.9. The molecule has 4 aliphatic rings. The van der Waals surface area contributed by atoms with Crippen LogP contribution in [0.1, 0.15) is 38.5 Å². The van der Waals surface area contributed by atoms with E-state index < -0.39 is 12.1 Å². The van der Waals surface area contributed by atoms with Crippen LogP contribution < -0.4 is 0 Å².